The molecule has 0 heterocycles. The van der Waals surface area contributed by atoms with E-state index in [-0.39, 0.29) is 11.5 Å². The van der Waals surface area contributed by atoms with Gasteiger partial charge in [0.25, 0.3) is 10.0 Å². The minimum atomic E-state index is -3.62. The molecule has 0 amide bonds. The molecule has 2 aromatic carbocycles. The lowest BCUT2D eigenvalue weighted by molar-refractivity contribution is 0.370. The molecule has 114 valence electrons. The van der Waals surface area contributed by atoms with Crippen LogP contribution >= 0.6 is 0 Å². The largest absolute Gasteiger partial charge is 0.481 e. The monoisotopic (exact) mass is 315 g/mol. The van der Waals surface area contributed by atoms with E-state index in [4.69, 9.17) is 11.2 Å². The van der Waals surface area contributed by atoms with Gasteiger partial charge >= 0.3 is 0 Å². The number of terminal acetylenes is 1. The lowest BCUT2D eigenvalue weighted by Gasteiger charge is -2.09. The molecule has 0 spiro atoms. The first-order valence-corrected chi connectivity index (χ1v) is 8.31. The standard InChI is InChI=1S/C17H17NO3S/c1-3-13-21-16-9-11-17(12-10-16)22(19,20)18-15-7-5-14(4-2)6-8-15/h1,5-12,18H,4,13H2,2H3. The molecule has 2 rings (SSSR count). The maximum atomic E-state index is 12.3. The van der Waals surface area contributed by atoms with Crippen LogP contribution in [0.15, 0.2) is 53.4 Å². The molecule has 0 aliphatic carbocycles. The molecule has 0 radical (unpaired) electrons. The third kappa shape index (κ3) is 4.03. The summed E-state index contributed by atoms with van der Waals surface area (Å²) < 4.78 is 32.4. The third-order valence-corrected chi connectivity index (χ3v) is 4.47. The molecule has 0 aliphatic rings. The summed E-state index contributed by atoms with van der Waals surface area (Å²) in [7, 11) is -3.62. The summed E-state index contributed by atoms with van der Waals surface area (Å²) in [6, 6.07) is 13.4. The highest BCUT2D eigenvalue weighted by molar-refractivity contribution is 7.92. The first-order chi connectivity index (χ1) is 10.5. The summed E-state index contributed by atoms with van der Waals surface area (Å²) in [5.41, 5.74) is 1.68. The van der Waals surface area contributed by atoms with Crippen molar-refractivity contribution in [2.24, 2.45) is 0 Å². The molecule has 0 bridgehead atoms. The van der Waals surface area contributed by atoms with Crippen molar-refractivity contribution < 1.29 is 13.2 Å². The minimum Gasteiger partial charge on any atom is -0.481 e. The highest BCUT2D eigenvalue weighted by atomic mass is 32.2. The molecule has 0 fully saturated rings. The second-order valence-corrected chi connectivity index (χ2v) is 6.30. The fourth-order valence-electron chi connectivity index (χ4n) is 1.86. The Morgan fingerprint density at radius 3 is 2.27 bits per heavy atom. The van der Waals surface area contributed by atoms with Gasteiger partial charge in [-0.05, 0) is 48.4 Å². The Kier molecular flexibility index (Phi) is 5.08. The van der Waals surface area contributed by atoms with E-state index in [1.165, 1.54) is 12.1 Å². The normalized spacial score (nSPS) is 10.7. The van der Waals surface area contributed by atoms with Gasteiger partial charge in [-0.2, -0.15) is 0 Å². The van der Waals surface area contributed by atoms with E-state index in [0.717, 1.165) is 12.0 Å². The van der Waals surface area contributed by atoms with E-state index in [0.29, 0.717) is 11.4 Å². The van der Waals surface area contributed by atoms with Gasteiger partial charge < -0.3 is 4.74 Å². The Hall–Kier alpha value is -2.45. The number of rotatable bonds is 6. The number of ether oxygens (including phenoxy) is 1. The predicted molar refractivity (Wildman–Crippen MR) is 87.4 cm³/mol. The van der Waals surface area contributed by atoms with Gasteiger partial charge in [0.1, 0.15) is 12.4 Å². The SMILES string of the molecule is C#CCOc1ccc(S(=O)(=O)Nc2ccc(CC)cc2)cc1. The molecule has 0 saturated carbocycles. The molecule has 5 heteroatoms. The smallest absolute Gasteiger partial charge is 0.261 e. The van der Waals surface area contributed by atoms with Crippen LogP contribution in [0.4, 0.5) is 5.69 Å². The summed E-state index contributed by atoms with van der Waals surface area (Å²) in [6.07, 6.45) is 6.01. The van der Waals surface area contributed by atoms with Crippen LogP contribution < -0.4 is 9.46 Å². The van der Waals surface area contributed by atoms with Gasteiger partial charge in [0.05, 0.1) is 4.90 Å². The summed E-state index contributed by atoms with van der Waals surface area (Å²) in [5, 5.41) is 0. The number of anilines is 1. The maximum absolute atomic E-state index is 12.3. The van der Waals surface area contributed by atoms with Gasteiger partial charge in [0, 0.05) is 5.69 Å². The zero-order valence-corrected chi connectivity index (χ0v) is 13.1. The quantitative estimate of drug-likeness (QED) is 0.834. The van der Waals surface area contributed by atoms with Crippen molar-refractivity contribution in [3.63, 3.8) is 0 Å². The van der Waals surface area contributed by atoms with Gasteiger partial charge in [0.15, 0.2) is 0 Å². The average Bonchev–Trinajstić information content (AvgIpc) is 2.53. The predicted octanol–water partition coefficient (Wildman–Crippen LogP) is 3.06. The second kappa shape index (κ2) is 7.01. The molecule has 1 N–H and O–H groups in total. The van der Waals surface area contributed by atoms with Crippen molar-refractivity contribution in [2.75, 3.05) is 11.3 Å². The average molecular weight is 315 g/mol. The Bertz CT molecular complexity index is 757. The second-order valence-electron chi connectivity index (χ2n) is 4.62. The van der Waals surface area contributed by atoms with Crippen molar-refractivity contribution in [2.45, 2.75) is 18.2 Å². The van der Waals surface area contributed by atoms with Gasteiger partial charge in [-0.15, -0.1) is 6.42 Å². The van der Waals surface area contributed by atoms with Crippen LogP contribution in [0, 0.1) is 12.3 Å². The van der Waals surface area contributed by atoms with E-state index in [2.05, 4.69) is 10.6 Å². The van der Waals surface area contributed by atoms with E-state index in [1.54, 1.807) is 24.3 Å². The zero-order chi connectivity index (χ0) is 16.0. The number of benzene rings is 2. The Morgan fingerprint density at radius 2 is 1.73 bits per heavy atom. The Morgan fingerprint density at radius 1 is 1.09 bits per heavy atom. The topological polar surface area (TPSA) is 55.4 Å². The first kappa shape index (κ1) is 15.9. The van der Waals surface area contributed by atoms with E-state index in [1.807, 2.05) is 19.1 Å². The lowest BCUT2D eigenvalue weighted by Crippen LogP contribution is -2.12. The van der Waals surface area contributed by atoms with Crippen LogP contribution in [-0.4, -0.2) is 15.0 Å². The fraction of sp³-hybridized carbons (Fsp3) is 0.176. The van der Waals surface area contributed by atoms with Crippen LogP contribution in [-0.2, 0) is 16.4 Å². The number of hydrogen-bond donors (Lipinski definition) is 1. The lowest BCUT2D eigenvalue weighted by atomic mass is 10.2. The molecular formula is C17H17NO3S. The zero-order valence-electron chi connectivity index (χ0n) is 12.2. The van der Waals surface area contributed by atoms with Gasteiger partial charge in [-0.1, -0.05) is 25.0 Å². The summed E-state index contributed by atoms with van der Waals surface area (Å²) in [4.78, 5) is 0.167. The maximum Gasteiger partial charge on any atom is 0.261 e. The van der Waals surface area contributed by atoms with Crippen LogP contribution in [0.2, 0.25) is 0 Å². The summed E-state index contributed by atoms with van der Waals surface area (Å²) in [5.74, 6) is 2.88. The molecule has 0 aromatic heterocycles. The molecular weight excluding hydrogens is 298 g/mol. The van der Waals surface area contributed by atoms with Gasteiger partial charge in [0.2, 0.25) is 0 Å². The highest BCUT2D eigenvalue weighted by Gasteiger charge is 2.14. The van der Waals surface area contributed by atoms with Crippen molar-refractivity contribution >= 4 is 15.7 Å². The molecule has 0 saturated heterocycles. The minimum absolute atomic E-state index is 0.147. The summed E-state index contributed by atoms with van der Waals surface area (Å²) in [6.45, 7) is 2.19. The molecule has 0 aliphatic heterocycles. The van der Waals surface area contributed by atoms with E-state index < -0.39 is 10.0 Å². The van der Waals surface area contributed by atoms with Crippen LogP contribution in [0.1, 0.15) is 12.5 Å². The van der Waals surface area contributed by atoms with Crippen LogP contribution in [0.25, 0.3) is 0 Å². The van der Waals surface area contributed by atoms with Crippen molar-refractivity contribution in [3.8, 4) is 18.1 Å². The number of sulfonamides is 1. The Labute approximate surface area is 131 Å². The van der Waals surface area contributed by atoms with Crippen molar-refractivity contribution in [1.82, 2.24) is 0 Å². The van der Waals surface area contributed by atoms with Crippen LogP contribution in [0.3, 0.4) is 0 Å². The molecule has 22 heavy (non-hydrogen) atoms. The van der Waals surface area contributed by atoms with Gasteiger partial charge in [-0.3, -0.25) is 4.72 Å². The molecule has 4 nitrogen and oxygen atoms in total. The van der Waals surface area contributed by atoms with Crippen LogP contribution in [0.5, 0.6) is 5.75 Å². The first-order valence-electron chi connectivity index (χ1n) is 6.83. The fourth-order valence-corrected chi connectivity index (χ4v) is 2.92. The number of hydrogen-bond acceptors (Lipinski definition) is 3. The highest BCUT2D eigenvalue weighted by Crippen LogP contribution is 2.19. The summed E-state index contributed by atoms with van der Waals surface area (Å²) >= 11 is 0. The van der Waals surface area contributed by atoms with E-state index in [9.17, 15) is 8.42 Å². The molecule has 0 unspecified atom stereocenters. The third-order valence-electron chi connectivity index (χ3n) is 3.07. The molecule has 0 atom stereocenters. The number of aryl methyl sites for hydroxylation is 1. The Balaban J connectivity index is 2.13. The number of nitrogens with one attached hydrogen (secondary N) is 1. The van der Waals surface area contributed by atoms with E-state index >= 15 is 0 Å². The van der Waals surface area contributed by atoms with Crippen molar-refractivity contribution in [1.29, 1.82) is 0 Å². The van der Waals surface area contributed by atoms with Gasteiger partial charge in [-0.25, -0.2) is 8.42 Å². The molecule has 2 aromatic rings. The van der Waals surface area contributed by atoms with Crippen molar-refractivity contribution in [3.05, 3.63) is 54.1 Å².